The van der Waals surface area contributed by atoms with E-state index in [9.17, 15) is 4.79 Å². The van der Waals surface area contributed by atoms with Gasteiger partial charge in [-0.2, -0.15) is 0 Å². The van der Waals surface area contributed by atoms with E-state index in [1.807, 2.05) is 18.2 Å². The van der Waals surface area contributed by atoms with Gasteiger partial charge in [0.25, 0.3) is 0 Å². The van der Waals surface area contributed by atoms with Crippen molar-refractivity contribution in [2.24, 2.45) is 0 Å². The van der Waals surface area contributed by atoms with Crippen LogP contribution in [0.5, 0.6) is 0 Å². The highest BCUT2D eigenvalue weighted by atomic mass is 16.5. The lowest BCUT2D eigenvalue weighted by Crippen LogP contribution is -2.38. The normalized spacial score (nSPS) is 15.6. The van der Waals surface area contributed by atoms with Gasteiger partial charge < -0.3 is 9.64 Å². The van der Waals surface area contributed by atoms with Gasteiger partial charge in [0.2, 0.25) is 0 Å². The standard InChI is InChI=1S/C23H29NO2/c1-17(25)19-16-22-21(15-20(19)18-9-6-5-7-10-18)23(2,3)11-13-24(22)12-8-14-26-4/h5-7,9-10,15-16H,8,11-14H2,1-4H3. The van der Waals surface area contributed by atoms with Crippen LogP contribution in [0.1, 0.15) is 49.5 Å². The summed E-state index contributed by atoms with van der Waals surface area (Å²) in [5.74, 6) is 0.117. The lowest BCUT2D eigenvalue weighted by atomic mass is 9.75. The fraction of sp³-hybridized carbons (Fsp3) is 0.435. The predicted molar refractivity (Wildman–Crippen MR) is 108 cm³/mol. The van der Waals surface area contributed by atoms with E-state index in [0.717, 1.165) is 49.2 Å². The van der Waals surface area contributed by atoms with Crippen molar-refractivity contribution in [1.82, 2.24) is 0 Å². The third-order valence-electron chi connectivity index (χ3n) is 5.45. The molecular weight excluding hydrogens is 322 g/mol. The van der Waals surface area contributed by atoms with Gasteiger partial charge in [0.1, 0.15) is 0 Å². The molecule has 3 heteroatoms. The molecular formula is C23H29NO2. The number of carbonyl (C=O) groups excluding carboxylic acids is 1. The molecule has 0 saturated carbocycles. The minimum atomic E-state index is 0.103. The number of anilines is 1. The Labute approximate surface area is 157 Å². The first kappa shape index (κ1) is 18.7. The number of hydrogen-bond donors (Lipinski definition) is 0. The van der Waals surface area contributed by atoms with Crippen LogP contribution in [0.4, 0.5) is 5.69 Å². The summed E-state index contributed by atoms with van der Waals surface area (Å²) in [4.78, 5) is 14.8. The zero-order valence-electron chi connectivity index (χ0n) is 16.3. The van der Waals surface area contributed by atoms with Crippen LogP contribution >= 0.6 is 0 Å². The van der Waals surface area contributed by atoms with Gasteiger partial charge in [0.15, 0.2) is 5.78 Å². The van der Waals surface area contributed by atoms with Gasteiger partial charge in [-0.1, -0.05) is 44.2 Å². The quantitative estimate of drug-likeness (QED) is 0.537. The monoisotopic (exact) mass is 351 g/mol. The number of rotatable bonds is 6. The first-order valence-corrected chi connectivity index (χ1v) is 9.43. The highest BCUT2D eigenvalue weighted by Gasteiger charge is 2.32. The van der Waals surface area contributed by atoms with Gasteiger partial charge in [-0.15, -0.1) is 0 Å². The van der Waals surface area contributed by atoms with Crippen molar-refractivity contribution in [1.29, 1.82) is 0 Å². The summed E-state index contributed by atoms with van der Waals surface area (Å²) >= 11 is 0. The number of hydrogen-bond acceptors (Lipinski definition) is 3. The Morgan fingerprint density at radius 1 is 1.19 bits per heavy atom. The average molecular weight is 351 g/mol. The van der Waals surface area contributed by atoms with Gasteiger partial charge >= 0.3 is 0 Å². The van der Waals surface area contributed by atoms with Gasteiger partial charge in [0, 0.05) is 38.1 Å². The van der Waals surface area contributed by atoms with E-state index in [1.165, 1.54) is 11.3 Å². The second-order valence-electron chi connectivity index (χ2n) is 7.80. The van der Waals surface area contributed by atoms with Crippen molar-refractivity contribution < 1.29 is 9.53 Å². The SMILES string of the molecule is COCCCN1CCC(C)(C)c2cc(-c3ccccc3)c(C(C)=O)cc21. The first-order valence-electron chi connectivity index (χ1n) is 9.43. The highest BCUT2D eigenvalue weighted by Crippen LogP contribution is 2.43. The molecule has 0 aliphatic carbocycles. The van der Waals surface area contributed by atoms with Crippen molar-refractivity contribution in [3.8, 4) is 11.1 Å². The van der Waals surface area contributed by atoms with E-state index in [4.69, 9.17) is 4.74 Å². The largest absolute Gasteiger partial charge is 0.385 e. The molecule has 0 N–H and O–H groups in total. The molecule has 138 valence electrons. The molecule has 3 nitrogen and oxygen atoms in total. The van der Waals surface area contributed by atoms with Crippen LogP contribution in [0, 0.1) is 0 Å². The Kier molecular flexibility index (Phi) is 5.47. The van der Waals surface area contributed by atoms with E-state index >= 15 is 0 Å². The molecule has 0 spiro atoms. The Morgan fingerprint density at radius 3 is 2.58 bits per heavy atom. The van der Waals surface area contributed by atoms with Crippen LogP contribution in [0.25, 0.3) is 11.1 Å². The van der Waals surface area contributed by atoms with Crippen molar-refractivity contribution in [3.63, 3.8) is 0 Å². The van der Waals surface area contributed by atoms with Gasteiger partial charge in [-0.05, 0) is 54.0 Å². The Balaban J connectivity index is 2.12. The van der Waals surface area contributed by atoms with Crippen molar-refractivity contribution in [2.45, 2.75) is 39.0 Å². The van der Waals surface area contributed by atoms with Gasteiger partial charge in [-0.25, -0.2) is 0 Å². The lowest BCUT2D eigenvalue weighted by Gasteiger charge is -2.41. The number of ether oxygens (including phenoxy) is 1. The molecule has 0 unspecified atom stereocenters. The molecule has 2 aromatic carbocycles. The first-order chi connectivity index (χ1) is 12.4. The molecule has 0 radical (unpaired) electrons. The molecule has 1 aliphatic heterocycles. The molecule has 0 fully saturated rings. The van der Waals surface area contributed by atoms with Crippen molar-refractivity contribution in [2.75, 3.05) is 31.7 Å². The number of fused-ring (bicyclic) bond motifs is 1. The maximum Gasteiger partial charge on any atom is 0.160 e. The van der Waals surface area contributed by atoms with E-state index in [0.29, 0.717) is 0 Å². The van der Waals surface area contributed by atoms with Gasteiger partial charge in [-0.3, -0.25) is 4.79 Å². The Bertz CT molecular complexity index is 780. The van der Waals surface area contributed by atoms with Crippen LogP contribution in [0.3, 0.4) is 0 Å². The van der Waals surface area contributed by atoms with Gasteiger partial charge in [0.05, 0.1) is 0 Å². The molecule has 0 aromatic heterocycles. The zero-order chi connectivity index (χ0) is 18.7. The molecule has 2 aromatic rings. The minimum Gasteiger partial charge on any atom is -0.385 e. The van der Waals surface area contributed by atoms with E-state index < -0.39 is 0 Å². The molecule has 1 heterocycles. The van der Waals surface area contributed by atoms with Crippen LogP contribution < -0.4 is 4.90 Å². The molecule has 0 amide bonds. The number of methoxy groups -OCH3 is 1. The summed E-state index contributed by atoms with van der Waals surface area (Å²) in [7, 11) is 1.74. The van der Waals surface area contributed by atoms with Crippen molar-refractivity contribution >= 4 is 11.5 Å². The third kappa shape index (κ3) is 3.68. The summed E-state index contributed by atoms with van der Waals surface area (Å²) in [5.41, 5.74) is 5.61. The molecule has 0 atom stereocenters. The number of nitrogens with zero attached hydrogens (tertiary/aromatic N) is 1. The molecule has 1 aliphatic rings. The maximum atomic E-state index is 12.4. The van der Waals surface area contributed by atoms with Crippen molar-refractivity contribution in [3.05, 3.63) is 53.6 Å². The van der Waals surface area contributed by atoms with Crippen LogP contribution in [0.15, 0.2) is 42.5 Å². The van der Waals surface area contributed by atoms with Crippen LogP contribution in [0.2, 0.25) is 0 Å². The molecule has 0 saturated heterocycles. The molecule has 26 heavy (non-hydrogen) atoms. The lowest BCUT2D eigenvalue weighted by molar-refractivity contribution is 0.101. The Hall–Kier alpha value is -2.13. The molecule has 3 rings (SSSR count). The summed E-state index contributed by atoms with van der Waals surface area (Å²) < 4.78 is 5.22. The summed E-state index contributed by atoms with van der Waals surface area (Å²) in [5, 5.41) is 0. The number of ketones is 1. The van der Waals surface area contributed by atoms with E-state index in [1.54, 1.807) is 14.0 Å². The summed E-state index contributed by atoms with van der Waals surface area (Å²) in [6.07, 6.45) is 2.10. The third-order valence-corrected chi connectivity index (χ3v) is 5.45. The molecule has 0 bridgehead atoms. The number of carbonyl (C=O) groups is 1. The maximum absolute atomic E-state index is 12.4. The van der Waals surface area contributed by atoms with Crippen LogP contribution in [-0.4, -0.2) is 32.6 Å². The average Bonchev–Trinajstić information content (AvgIpc) is 2.63. The van der Waals surface area contributed by atoms with E-state index in [2.05, 4.69) is 43.0 Å². The number of Topliss-reactive ketones (excluding diaryl/α,β-unsaturated/α-hetero) is 1. The fourth-order valence-electron chi connectivity index (χ4n) is 3.84. The van der Waals surface area contributed by atoms with E-state index in [-0.39, 0.29) is 11.2 Å². The predicted octanol–water partition coefficient (Wildman–Crippen LogP) is 5.08. The summed E-state index contributed by atoms with van der Waals surface area (Å²) in [6, 6.07) is 14.6. The zero-order valence-corrected chi connectivity index (χ0v) is 16.3. The number of benzene rings is 2. The second-order valence-corrected chi connectivity index (χ2v) is 7.80. The highest BCUT2D eigenvalue weighted by molar-refractivity contribution is 6.02. The minimum absolute atomic E-state index is 0.103. The fourth-order valence-corrected chi connectivity index (χ4v) is 3.84. The smallest absolute Gasteiger partial charge is 0.160 e. The second kappa shape index (κ2) is 7.63. The Morgan fingerprint density at radius 2 is 1.92 bits per heavy atom. The summed E-state index contributed by atoms with van der Waals surface area (Å²) in [6.45, 7) is 9.01. The topological polar surface area (TPSA) is 29.5 Å². The van der Waals surface area contributed by atoms with Crippen LogP contribution in [-0.2, 0) is 10.2 Å².